The summed E-state index contributed by atoms with van der Waals surface area (Å²) in [7, 11) is 2.99. The van der Waals surface area contributed by atoms with E-state index in [9.17, 15) is 14.4 Å². The lowest BCUT2D eigenvalue weighted by molar-refractivity contribution is -0.121. The molecule has 0 radical (unpaired) electrons. The van der Waals surface area contributed by atoms with E-state index in [1.165, 1.54) is 14.2 Å². The summed E-state index contributed by atoms with van der Waals surface area (Å²) in [5, 5.41) is 2.86. The van der Waals surface area contributed by atoms with Gasteiger partial charge in [-0.1, -0.05) is 18.2 Å². The van der Waals surface area contributed by atoms with Gasteiger partial charge in [0.25, 0.3) is 11.8 Å². The molecule has 5 rings (SSSR count). The van der Waals surface area contributed by atoms with Crippen LogP contribution in [0.4, 0.5) is 5.69 Å². The van der Waals surface area contributed by atoms with Crippen LogP contribution in [0.15, 0.2) is 59.2 Å². The maximum atomic E-state index is 13.7. The number of anilines is 1. The van der Waals surface area contributed by atoms with E-state index in [0.717, 1.165) is 5.76 Å². The lowest BCUT2D eigenvalue weighted by Crippen LogP contribution is -2.49. The average molecular weight is 476 g/mol. The van der Waals surface area contributed by atoms with Crippen LogP contribution in [0.2, 0.25) is 0 Å². The van der Waals surface area contributed by atoms with E-state index < -0.39 is 6.17 Å². The molecule has 0 saturated carbocycles. The molecule has 35 heavy (non-hydrogen) atoms. The van der Waals surface area contributed by atoms with Crippen molar-refractivity contribution in [3.05, 3.63) is 77.2 Å². The second-order valence-electron chi connectivity index (χ2n) is 8.26. The molecule has 0 aliphatic carbocycles. The largest absolute Gasteiger partial charge is 0.493 e. The number of nitrogens with one attached hydrogen (secondary N) is 1. The van der Waals surface area contributed by atoms with E-state index in [-0.39, 0.29) is 30.7 Å². The second kappa shape index (κ2) is 9.17. The highest BCUT2D eigenvalue weighted by molar-refractivity contribution is 6.18. The van der Waals surface area contributed by atoms with Crippen molar-refractivity contribution in [1.29, 1.82) is 0 Å². The standard InChI is InChI=1S/C26H25N3O6/c1-33-20-10-9-18-22(23(20)34-2)26(32)29-19-8-4-3-7-17(19)25(31)28(24(18)29)14-12-21(30)27-13-11-16-6-5-15-35-16/h3-10,15,24H,11-14H2,1-2H3,(H,27,30)/t24-/m0/s1. The summed E-state index contributed by atoms with van der Waals surface area (Å²) in [6.45, 7) is 0.568. The Morgan fingerprint density at radius 3 is 2.60 bits per heavy atom. The van der Waals surface area contributed by atoms with Crippen LogP contribution in [-0.4, -0.2) is 49.9 Å². The van der Waals surface area contributed by atoms with E-state index in [1.807, 2.05) is 6.07 Å². The van der Waals surface area contributed by atoms with E-state index in [1.54, 1.807) is 58.5 Å². The first kappa shape index (κ1) is 22.5. The number of para-hydroxylation sites is 1. The molecule has 9 heteroatoms. The molecule has 9 nitrogen and oxygen atoms in total. The number of hydrogen-bond acceptors (Lipinski definition) is 6. The molecular formula is C26H25N3O6. The minimum absolute atomic E-state index is 0.0905. The molecule has 1 atom stereocenters. The smallest absolute Gasteiger partial charge is 0.264 e. The topological polar surface area (TPSA) is 101 Å². The molecule has 0 unspecified atom stereocenters. The van der Waals surface area contributed by atoms with Crippen molar-refractivity contribution in [1.82, 2.24) is 10.2 Å². The maximum absolute atomic E-state index is 13.7. The van der Waals surface area contributed by atoms with Crippen molar-refractivity contribution in [3.8, 4) is 11.5 Å². The Hall–Kier alpha value is -4.27. The third-order valence-corrected chi connectivity index (χ3v) is 6.34. The molecule has 0 bridgehead atoms. The number of furan rings is 1. The number of amides is 3. The van der Waals surface area contributed by atoms with Gasteiger partial charge in [-0.2, -0.15) is 0 Å². The summed E-state index contributed by atoms with van der Waals surface area (Å²) < 4.78 is 16.2. The molecular weight excluding hydrogens is 450 g/mol. The number of ether oxygens (including phenoxy) is 2. The molecule has 0 spiro atoms. The highest BCUT2D eigenvalue weighted by atomic mass is 16.5. The first-order valence-corrected chi connectivity index (χ1v) is 11.3. The van der Waals surface area contributed by atoms with Crippen LogP contribution < -0.4 is 19.7 Å². The van der Waals surface area contributed by atoms with Crippen molar-refractivity contribution < 1.29 is 28.3 Å². The zero-order valence-corrected chi connectivity index (χ0v) is 19.4. The number of fused-ring (bicyclic) bond motifs is 5. The van der Waals surface area contributed by atoms with E-state index in [0.29, 0.717) is 46.8 Å². The fourth-order valence-electron chi connectivity index (χ4n) is 4.74. The van der Waals surface area contributed by atoms with Crippen molar-refractivity contribution in [2.75, 3.05) is 32.2 Å². The Balaban J connectivity index is 1.43. The Morgan fingerprint density at radius 1 is 1.03 bits per heavy atom. The summed E-state index contributed by atoms with van der Waals surface area (Å²) in [6, 6.07) is 14.1. The molecule has 2 aliphatic heterocycles. The third-order valence-electron chi connectivity index (χ3n) is 6.34. The van der Waals surface area contributed by atoms with Crippen LogP contribution in [0.25, 0.3) is 0 Å². The molecule has 0 saturated heterocycles. The predicted octanol–water partition coefficient (Wildman–Crippen LogP) is 3.16. The number of carbonyl (C=O) groups excluding carboxylic acids is 3. The quantitative estimate of drug-likeness (QED) is 0.537. The third kappa shape index (κ3) is 3.78. The number of nitrogens with zero attached hydrogens (tertiary/aromatic N) is 2. The first-order valence-electron chi connectivity index (χ1n) is 11.3. The number of hydrogen-bond donors (Lipinski definition) is 1. The van der Waals surface area contributed by atoms with Gasteiger partial charge in [-0.15, -0.1) is 0 Å². The van der Waals surface area contributed by atoms with Crippen LogP contribution in [0, 0.1) is 0 Å². The van der Waals surface area contributed by atoms with Crippen molar-refractivity contribution in [2.24, 2.45) is 0 Å². The Labute approximate surface area is 202 Å². The van der Waals surface area contributed by atoms with Crippen LogP contribution in [0.5, 0.6) is 11.5 Å². The predicted molar refractivity (Wildman–Crippen MR) is 127 cm³/mol. The van der Waals surface area contributed by atoms with E-state index >= 15 is 0 Å². The molecule has 3 amide bonds. The lowest BCUT2D eigenvalue weighted by Gasteiger charge is -2.40. The van der Waals surface area contributed by atoms with Crippen LogP contribution in [0.1, 0.15) is 44.6 Å². The highest BCUT2D eigenvalue weighted by Crippen LogP contribution is 2.49. The van der Waals surface area contributed by atoms with Gasteiger partial charge in [0.05, 0.1) is 37.3 Å². The summed E-state index contributed by atoms with van der Waals surface area (Å²) in [6.07, 6.45) is 1.58. The van der Waals surface area contributed by atoms with Crippen molar-refractivity contribution in [3.63, 3.8) is 0 Å². The highest BCUT2D eigenvalue weighted by Gasteiger charge is 2.49. The van der Waals surface area contributed by atoms with Crippen molar-refractivity contribution in [2.45, 2.75) is 19.0 Å². The van der Waals surface area contributed by atoms with E-state index in [4.69, 9.17) is 13.9 Å². The first-order chi connectivity index (χ1) is 17.0. The molecule has 1 aromatic heterocycles. The molecule has 1 N–H and O–H groups in total. The van der Waals surface area contributed by atoms with Gasteiger partial charge in [0.1, 0.15) is 11.9 Å². The lowest BCUT2D eigenvalue weighted by atomic mass is 10.0. The monoisotopic (exact) mass is 475 g/mol. The summed E-state index contributed by atoms with van der Waals surface area (Å²) in [5.74, 6) is 0.835. The summed E-state index contributed by atoms with van der Waals surface area (Å²) in [5.41, 5.74) is 1.93. The zero-order chi connectivity index (χ0) is 24.5. The minimum atomic E-state index is -0.685. The van der Waals surface area contributed by atoms with Crippen molar-refractivity contribution >= 4 is 23.4 Å². The molecule has 3 heterocycles. The van der Waals surface area contributed by atoms with Gasteiger partial charge in [-0.05, 0) is 30.3 Å². The van der Waals surface area contributed by atoms with Crippen LogP contribution >= 0.6 is 0 Å². The van der Waals surface area contributed by atoms with E-state index in [2.05, 4.69) is 5.32 Å². The minimum Gasteiger partial charge on any atom is -0.493 e. The number of benzene rings is 2. The molecule has 2 aliphatic rings. The van der Waals surface area contributed by atoms with Gasteiger partial charge in [-0.25, -0.2) is 0 Å². The van der Waals surface area contributed by atoms with Gasteiger partial charge in [0.2, 0.25) is 5.91 Å². The summed E-state index contributed by atoms with van der Waals surface area (Å²) in [4.78, 5) is 42.9. The Bertz CT molecular complexity index is 1290. The average Bonchev–Trinajstić information content (AvgIpc) is 3.50. The van der Waals surface area contributed by atoms with Gasteiger partial charge in [0.15, 0.2) is 11.5 Å². The second-order valence-corrected chi connectivity index (χ2v) is 8.26. The normalized spacial score (nSPS) is 16.0. The molecule has 2 aromatic carbocycles. The fraction of sp³-hybridized carbons (Fsp3) is 0.269. The number of rotatable bonds is 8. The fourth-order valence-corrected chi connectivity index (χ4v) is 4.74. The summed E-state index contributed by atoms with van der Waals surface area (Å²) >= 11 is 0. The molecule has 180 valence electrons. The maximum Gasteiger partial charge on any atom is 0.264 e. The molecule has 0 fully saturated rings. The van der Waals surface area contributed by atoms with Crippen LogP contribution in [0.3, 0.4) is 0 Å². The Kier molecular flexibility index (Phi) is 5.90. The van der Waals surface area contributed by atoms with Gasteiger partial charge in [-0.3, -0.25) is 19.3 Å². The van der Waals surface area contributed by atoms with Gasteiger partial charge in [0, 0.05) is 31.5 Å². The van der Waals surface area contributed by atoms with Gasteiger partial charge >= 0.3 is 0 Å². The number of carbonyl (C=O) groups is 3. The zero-order valence-electron chi connectivity index (χ0n) is 19.4. The Morgan fingerprint density at radius 2 is 1.86 bits per heavy atom. The number of methoxy groups -OCH3 is 2. The SMILES string of the molecule is COc1ccc2c(c1OC)C(=O)N1c3ccccc3C(=O)N(CCC(=O)NCCc3ccco3)[C@H]21. The van der Waals surface area contributed by atoms with Crippen LogP contribution in [-0.2, 0) is 11.2 Å². The molecule has 3 aromatic rings. The van der Waals surface area contributed by atoms with Gasteiger partial charge < -0.3 is 24.1 Å².